The van der Waals surface area contributed by atoms with Gasteiger partial charge in [-0.25, -0.2) is 8.42 Å². The summed E-state index contributed by atoms with van der Waals surface area (Å²) in [4.78, 5) is 12.0. The van der Waals surface area contributed by atoms with E-state index in [0.717, 1.165) is 18.4 Å². The van der Waals surface area contributed by atoms with Crippen LogP contribution >= 0.6 is 0 Å². The number of benzene rings is 1. The van der Waals surface area contributed by atoms with E-state index < -0.39 is 10.0 Å². The van der Waals surface area contributed by atoms with Crippen LogP contribution in [0.5, 0.6) is 0 Å². The molecule has 0 saturated heterocycles. The van der Waals surface area contributed by atoms with Crippen LogP contribution in [-0.4, -0.2) is 26.6 Å². The second-order valence-electron chi connectivity index (χ2n) is 5.76. The van der Waals surface area contributed by atoms with E-state index in [-0.39, 0.29) is 11.7 Å². The number of carbonyl (C=O) groups excluding carboxylic acids is 1. The number of sulfonamides is 1. The topological polar surface area (TPSA) is 79.6 Å². The largest absolute Gasteiger partial charge is 0.465 e. The first-order chi connectivity index (χ1) is 12.0. The minimum Gasteiger partial charge on any atom is -0.465 e. The van der Waals surface area contributed by atoms with Crippen molar-refractivity contribution in [2.45, 2.75) is 19.8 Å². The lowest BCUT2D eigenvalue weighted by Crippen LogP contribution is -2.36. The van der Waals surface area contributed by atoms with Crippen LogP contribution in [0.25, 0.3) is 6.08 Å². The van der Waals surface area contributed by atoms with E-state index in [1.165, 1.54) is 16.6 Å². The molecule has 0 spiro atoms. The van der Waals surface area contributed by atoms with Crippen LogP contribution in [0, 0.1) is 0 Å². The fourth-order valence-corrected chi connectivity index (χ4v) is 4.01. The van der Waals surface area contributed by atoms with Crippen LogP contribution in [0.3, 0.4) is 0 Å². The highest BCUT2D eigenvalue weighted by Gasteiger charge is 2.26. The van der Waals surface area contributed by atoms with Gasteiger partial charge in [-0.2, -0.15) is 0 Å². The number of hydrogen-bond donors (Lipinski definition) is 1. The molecule has 0 saturated carbocycles. The van der Waals surface area contributed by atoms with E-state index in [1.807, 2.05) is 6.07 Å². The number of nitrogens with one attached hydrogen (secondary N) is 1. The Morgan fingerprint density at radius 3 is 2.92 bits per heavy atom. The summed E-state index contributed by atoms with van der Waals surface area (Å²) in [7, 11) is -3.28. The average Bonchev–Trinajstić information content (AvgIpc) is 3.13. The first-order valence-electron chi connectivity index (χ1n) is 8.15. The Morgan fingerprint density at radius 1 is 1.36 bits per heavy atom. The highest BCUT2D eigenvalue weighted by molar-refractivity contribution is 7.92. The Hall–Kier alpha value is -2.54. The molecule has 0 bridgehead atoms. The number of fused-ring (bicyclic) bond motifs is 1. The molecule has 6 nitrogen and oxygen atoms in total. The minimum absolute atomic E-state index is 0.0719. The zero-order chi connectivity index (χ0) is 17.9. The summed E-state index contributed by atoms with van der Waals surface area (Å²) in [6, 6.07) is 8.82. The molecule has 1 aliphatic rings. The monoisotopic (exact) mass is 360 g/mol. The molecular weight excluding hydrogens is 340 g/mol. The molecule has 0 fully saturated rings. The Labute approximate surface area is 147 Å². The van der Waals surface area contributed by atoms with E-state index in [2.05, 4.69) is 5.32 Å². The van der Waals surface area contributed by atoms with Crippen molar-refractivity contribution in [3.63, 3.8) is 0 Å². The lowest BCUT2D eigenvalue weighted by molar-refractivity contribution is -0.111. The Kier molecular flexibility index (Phi) is 4.94. The molecule has 1 aromatic carbocycles. The third-order valence-electron chi connectivity index (χ3n) is 4.07. The molecule has 132 valence electrons. The van der Waals surface area contributed by atoms with E-state index >= 15 is 0 Å². The molecule has 0 atom stereocenters. The third-order valence-corrected chi connectivity index (χ3v) is 5.85. The molecule has 1 amide bonds. The molecule has 0 unspecified atom stereocenters. The maximum atomic E-state index is 12.2. The number of nitrogens with zero attached hydrogens (tertiary/aromatic N) is 1. The van der Waals surface area contributed by atoms with Gasteiger partial charge in [0.2, 0.25) is 15.9 Å². The summed E-state index contributed by atoms with van der Waals surface area (Å²) >= 11 is 0. The molecule has 0 radical (unpaired) electrons. The normalized spacial score (nSPS) is 14.5. The Morgan fingerprint density at radius 2 is 2.20 bits per heavy atom. The quantitative estimate of drug-likeness (QED) is 0.831. The lowest BCUT2D eigenvalue weighted by atomic mass is 10.0. The van der Waals surface area contributed by atoms with Crippen molar-refractivity contribution in [1.82, 2.24) is 0 Å². The van der Waals surface area contributed by atoms with Gasteiger partial charge in [0.25, 0.3) is 0 Å². The number of hydrogen-bond acceptors (Lipinski definition) is 4. The second-order valence-corrected chi connectivity index (χ2v) is 7.94. The zero-order valence-electron chi connectivity index (χ0n) is 13.9. The summed E-state index contributed by atoms with van der Waals surface area (Å²) in [5, 5.41) is 2.79. The number of aryl methyl sites for hydroxylation is 1. The highest BCUT2D eigenvalue weighted by atomic mass is 32.2. The minimum atomic E-state index is -3.28. The van der Waals surface area contributed by atoms with Crippen LogP contribution in [0.1, 0.15) is 24.7 Å². The van der Waals surface area contributed by atoms with Gasteiger partial charge in [0, 0.05) is 18.3 Å². The van der Waals surface area contributed by atoms with E-state index in [1.54, 1.807) is 37.3 Å². The van der Waals surface area contributed by atoms with Crippen molar-refractivity contribution >= 4 is 33.4 Å². The first-order valence-corrected chi connectivity index (χ1v) is 9.76. The van der Waals surface area contributed by atoms with Gasteiger partial charge >= 0.3 is 0 Å². The number of rotatable bonds is 5. The molecule has 7 heteroatoms. The van der Waals surface area contributed by atoms with Gasteiger partial charge in [-0.05, 0) is 61.7 Å². The van der Waals surface area contributed by atoms with Gasteiger partial charge in [0.15, 0.2) is 0 Å². The smallest absolute Gasteiger partial charge is 0.248 e. The molecule has 1 aromatic heterocycles. The Bertz CT molecular complexity index is 886. The summed E-state index contributed by atoms with van der Waals surface area (Å²) < 4.78 is 31.0. The van der Waals surface area contributed by atoms with E-state index in [0.29, 0.717) is 23.7 Å². The first kappa shape index (κ1) is 17.3. The lowest BCUT2D eigenvalue weighted by Gasteiger charge is -2.30. The van der Waals surface area contributed by atoms with E-state index in [4.69, 9.17) is 4.42 Å². The van der Waals surface area contributed by atoms with Crippen molar-refractivity contribution in [2.24, 2.45) is 0 Å². The van der Waals surface area contributed by atoms with Gasteiger partial charge in [0.1, 0.15) is 5.76 Å². The van der Waals surface area contributed by atoms with Gasteiger partial charge in [-0.3, -0.25) is 9.10 Å². The van der Waals surface area contributed by atoms with Gasteiger partial charge in [-0.15, -0.1) is 0 Å². The SMILES string of the molecule is CCS(=O)(=O)N1CCCc2cc(NC(=O)C=Cc3ccco3)ccc21. The number of furan rings is 1. The van der Waals surface area contributed by atoms with Crippen molar-refractivity contribution in [2.75, 3.05) is 21.9 Å². The molecular formula is C18H20N2O4S. The maximum absolute atomic E-state index is 12.2. The van der Waals surface area contributed by atoms with Crippen LogP contribution in [-0.2, 0) is 21.2 Å². The fourth-order valence-electron chi connectivity index (χ4n) is 2.81. The zero-order valence-corrected chi connectivity index (χ0v) is 14.8. The third kappa shape index (κ3) is 3.93. The molecule has 2 heterocycles. The maximum Gasteiger partial charge on any atom is 0.248 e. The van der Waals surface area contributed by atoms with Crippen LogP contribution in [0.2, 0.25) is 0 Å². The van der Waals surface area contributed by atoms with Crippen molar-refractivity contribution in [3.8, 4) is 0 Å². The van der Waals surface area contributed by atoms with Gasteiger partial charge in [-0.1, -0.05) is 0 Å². The van der Waals surface area contributed by atoms with Crippen molar-refractivity contribution in [3.05, 3.63) is 54.0 Å². The predicted molar refractivity (Wildman–Crippen MR) is 97.9 cm³/mol. The number of amides is 1. The molecule has 25 heavy (non-hydrogen) atoms. The average molecular weight is 360 g/mol. The fraction of sp³-hybridized carbons (Fsp3) is 0.278. The second kappa shape index (κ2) is 7.14. The molecule has 2 aromatic rings. The summed E-state index contributed by atoms with van der Waals surface area (Å²) in [5.41, 5.74) is 2.27. The number of carbonyl (C=O) groups is 1. The summed E-state index contributed by atoms with van der Waals surface area (Å²) in [5.74, 6) is 0.397. The molecule has 0 aliphatic carbocycles. The van der Waals surface area contributed by atoms with Gasteiger partial charge < -0.3 is 9.73 Å². The molecule has 3 rings (SSSR count). The standard InChI is InChI=1S/C18H20N2O4S/c1-2-25(22,23)20-11-3-5-14-13-15(7-9-17(14)20)19-18(21)10-8-16-6-4-12-24-16/h4,6-10,12-13H,2-3,5,11H2,1H3,(H,19,21). The van der Waals surface area contributed by atoms with Crippen molar-refractivity contribution in [1.29, 1.82) is 0 Å². The van der Waals surface area contributed by atoms with Crippen LogP contribution in [0.15, 0.2) is 47.1 Å². The Balaban J connectivity index is 1.76. The number of anilines is 2. The predicted octanol–water partition coefficient (Wildman–Crippen LogP) is 3.03. The van der Waals surface area contributed by atoms with Gasteiger partial charge in [0.05, 0.1) is 17.7 Å². The highest BCUT2D eigenvalue weighted by Crippen LogP contribution is 2.31. The molecule has 1 N–H and O–H groups in total. The van der Waals surface area contributed by atoms with E-state index in [9.17, 15) is 13.2 Å². The van der Waals surface area contributed by atoms with Crippen LogP contribution < -0.4 is 9.62 Å². The molecule has 1 aliphatic heterocycles. The van der Waals surface area contributed by atoms with Crippen molar-refractivity contribution < 1.29 is 17.6 Å². The summed E-state index contributed by atoms with van der Waals surface area (Å²) in [6.45, 7) is 2.14. The summed E-state index contributed by atoms with van der Waals surface area (Å²) in [6.07, 6.45) is 6.08. The van der Waals surface area contributed by atoms with Crippen LogP contribution in [0.4, 0.5) is 11.4 Å².